The molecule has 0 unspecified atom stereocenters. The number of nitrogens with zero attached hydrogens (tertiary/aromatic N) is 4. The van der Waals surface area contributed by atoms with Gasteiger partial charge in [0.15, 0.2) is 11.3 Å². The van der Waals surface area contributed by atoms with E-state index >= 15 is 0 Å². The molecule has 0 atom stereocenters. The van der Waals surface area contributed by atoms with E-state index in [1.54, 1.807) is 54.0 Å². The van der Waals surface area contributed by atoms with Crippen LogP contribution in [0.25, 0.3) is 16.8 Å². The lowest BCUT2D eigenvalue weighted by Gasteiger charge is -2.09. The fourth-order valence-corrected chi connectivity index (χ4v) is 3.05. The van der Waals surface area contributed by atoms with E-state index in [9.17, 15) is 4.79 Å². The highest BCUT2D eigenvalue weighted by Crippen LogP contribution is 2.26. The summed E-state index contributed by atoms with van der Waals surface area (Å²) in [4.78, 5) is 12.6. The van der Waals surface area contributed by atoms with E-state index in [4.69, 9.17) is 23.2 Å². The number of rotatable bonds is 3. The number of carbonyl (C=O) groups excluding carboxylic acids is 1. The molecule has 4 rings (SSSR count). The van der Waals surface area contributed by atoms with Gasteiger partial charge in [0.1, 0.15) is 0 Å². The first-order valence-electron chi connectivity index (χ1n) is 8.07. The van der Waals surface area contributed by atoms with Crippen LogP contribution in [0.1, 0.15) is 16.2 Å². The maximum atomic E-state index is 12.6. The highest BCUT2D eigenvalue weighted by molar-refractivity contribution is 6.33. The van der Waals surface area contributed by atoms with Crippen molar-refractivity contribution in [1.29, 1.82) is 0 Å². The Kier molecular flexibility index (Phi) is 4.51. The maximum absolute atomic E-state index is 12.6. The number of aryl methyl sites for hydroxylation is 1. The van der Waals surface area contributed by atoms with Crippen LogP contribution >= 0.6 is 23.2 Å². The first-order valence-corrected chi connectivity index (χ1v) is 8.83. The molecule has 8 heteroatoms. The third kappa shape index (κ3) is 3.25. The topological polar surface area (TPSA) is 72.2 Å². The Morgan fingerprint density at radius 3 is 2.52 bits per heavy atom. The van der Waals surface area contributed by atoms with Gasteiger partial charge >= 0.3 is 0 Å². The van der Waals surface area contributed by atoms with Gasteiger partial charge in [0.2, 0.25) is 0 Å². The van der Waals surface area contributed by atoms with Gasteiger partial charge in [0.05, 0.1) is 22.6 Å². The second-order valence-corrected chi connectivity index (χ2v) is 6.71. The van der Waals surface area contributed by atoms with Crippen molar-refractivity contribution in [2.24, 2.45) is 0 Å². The summed E-state index contributed by atoms with van der Waals surface area (Å²) in [5, 5.41) is 16.5. The van der Waals surface area contributed by atoms with E-state index in [1.165, 1.54) is 0 Å². The molecule has 1 amide bonds. The van der Waals surface area contributed by atoms with E-state index in [-0.39, 0.29) is 5.69 Å². The molecule has 2 aromatic carbocycles. The van der Waals surface area contributed by atoms with Crippen LogP contribution < -0.4 is 5.32 Å². The molecule has 6 nitrogen and oxygen atoms in total. The Balaban J connectivity index is 1.72. The Bertz CT molecular complexity index is 1150. The summed E-state index contributed by atoms with van der Waals surface area (Å²) >= 11 is 12.0. The summed E-state index contributed by atoms with van der Waals surface area (Å²) < 4.78 is 1.60. The van der Waals surface area contributed by atoms with Crippen molar-refractivity contribution < 1.29 is 4.79 Å². The van der Waals surface area contributed by atoms with Gasteiger partial charge in [0, 0.05) is 10.6 Å². The quantitative estimate of drug-likeness (QED) is 0.545. The van der Waals surface area contributed by atoms with Gasteiger partial charge in [-0.1, -0.05) is 47.5 Å². The van der Waals surface area contributed by atoms with Crippen LogP contribution in [0.5, 0.6) is 0 Å². The second-order valence-electron chi connectivity index (χ2n) is 5.87. The lowest BCUT2D eigenvalue weighted by Crippen LogP contribution is -2.18. The molecule has 134 valence electrons. The van der Waals surface area contributed by atoms with Crippen molar-refractivity contribution in [3.8, 4) is 11.1 Å². The number of hydrogen-bond acceptors (Lipinski definition) is 4. The number of anilines is 1. The molecule has 1 N–H and O–H groups in total. The van der Waals surface area contributed by atoms with Crippen LogP contribution in [-0.2, 0) is 0 Å². The van der Waals surface area contributed by atoms with Gasteiger partial charge in [-0.25, -0.2) is 4.52 Å². The van der Waals surface area contributed by atoms with Gasteiger partial charge in [-0.2, -0.15) is 5.10 Å². The molecule has 0 bridgehead atoms. The third-order valence-corrected chi connectivity index (χ3v) is 4.72. The van der Waals surface area contributed by atoms with E-state index in [0.717, 1.165) is 11.1 Å². The molecule has 4 aromatic rings. The van der Waals surface area contributed by atoms with Gasteiger partial charge in [-0.15, -0.1) is 10.2 Å². The fourth-order valence-electron chi connectivity index (χ4n) is 2.74. The van der Waals surface area contributed by atoms with Crippen LogP contribution in [0.15, 0.2) is 54.7 Å². The van der Waals surface area contributed by atoms with Gasteiger partial charge in [-0.3, -0.25) is 4.79 Å². The molecule has 0 aliphatic heterocycles. The number of carbonyl (C=O) groups is 1. The van der Waals surface area contributed by atoms with Crippen LogP contribution in [-0.4, -0.2) is 25.7 Å². The average Bonchev–Trinajstić information content (AvgIpc) is 3.09. The van der Waals surface area contributed by atoms with Crippen LogP contribution in [0, 0.1) is 6.92 Å². The Labute approximate surface area is 164 Å². The maximum Gasteiger partial charge on any atom is 0.278 e. The fraction of sp³-hybridized carbons (Fsp3) is 0.0526. The molecular weight excluding hydrogens is 385 g/mol. The molecule has 2 aromatic heterocycles. The predicted molar refractivity (Wildman–Crippen MR) is 105 cm³/mol. The van der Waals surface area contributed by atoms with Gasteiger partial charge in [-0.05, 0) is 36.8 Å². The zero-order valence-electron chi connectivity index (χ0n) is 14.1. The molecule has 0 saturated heterocycles. The Hall–Kier alpha value is -2.96. The standard InChI is InChI=1S/C19H13Cl2N5O/c1-11-17(19(27)23-16-5-3-2-4-15(16)21)24-25-18-14(10-22-26(11)18)12-6-8-13(20)9-7-12/h2-10H,1H3,(H,23,27). The van der Waals surface area contributed by atoms with Crippen molar-refractivity contribution in [3.63, 3.8) is 0 Å². The number of fused-ring (bicyclic) bond motifs is 1. The summed E-state index contributed by atoms with van der Waals surface area (Å²) in [6.45, 7) is 1.77. The molecular formula is C19H13Cl2N5O. The largest absolute Gasteiger partial charge is 0.319 e. The molecule has 0 fully saturated rings. The monoisotopic (exact) mass is 397 g/mol. The van der Waals surface area contributed by atoms with Crippen molar-refractivity contribution in [3.05, 3.63) is 76.2 Å². The van der Waals surface area contributed by atoms with Crippen molar-refractivity contribution in [2.75, 3.05) is 5.32 Å². The van der Waals surface area contributed by atoms with Crippen molar-refractivity contribution in [1.82, 2.24) is 19.8 Å². The van der Waals surface area contributed by atoms with Crippen molar-refractivity contribution in [2.45, 2.75) is 6.92 Å². The zero-order valence-corrected chi connectivity index (χ0v) is 15.7. The minimum atomic E-state index is -0.404. The first kappa shape index (κ1) is 17.5. The summed E-state index contributed by atoms with van der Waals surface area (Å²) in [5.41, 5.74) is 3.53. The molecule has 0 aliphatic carbocycles. The molecule has 2 heterocycles. The number of benzene rings is 2. The minimum absolute atomic E-state index is 0.174. The third-order valence-electron chi connectivity index (χ3n) is 4.14. The number of hydrogen-bond donors (Lipinski definition) is 1. The van der Waals surface area contributed by atoms with E-state index in [0.29, 0.717) is 27.1 Å². The van der Waals surface area contributed by atoms with Crippen LogP contribution in [0.2, 0.25) is 10.0 Å². The Morgan fingerprint density at radius 2 is 1.78 bits per heavy atom. The summed E-state index contributed by atoms with van der Waals surface area (Å²) in [6, 6.07) is 14.4. The number of amides is 1. The summed E-state index contributed by atoms with van der Waals surface area (Å²) in [7, 11) is 0. The van der Waals surface area contributed by atoms with E-state index < -0.39 is 5.91 Å². The molecule has 0 spiro atoms. The van der Waals surface area contributed by atoms with Crippen LogP contribution in [0.4, 0.5) is 5.69 Å². The zero-order chi connectivity index (χ0) is 19.0. The normalized spacial score (nSPS) is 10.9. The predicted octanol–water partition coefficient (Wildman–Crippen LogP) is 4.66. The average molecular weight is 398 g/mol. The lowest BCUT2D eigenvalue weighted by molar-refractivity contribution is 0.102. The number of aromatic nitrogens is 4. The molecule has 0 saturated carbocycles. The number of halogens is 2. The summed E-state index contributed by atoms with van der Waals surface area (Å²) in [6.07, 6.45) is 1.69. The van der Waals surface area contributed by atoms with Gasteiger partial charge < -0.3 is 5.32 Å². The van der Waals surface area contributed by atoms with Crippen molar-refractivity contribution >= 4 is 40.4 Å². The van der Waals surface area contributed by atoms with Gasteiger partial charge in [0.25, 0.3) is 5.91 Å². The highest BCUT2D eigenvalue weighted by Gasteiger charge is 2.18. The summed E-state index contributed by atoms with van der Waals surface area (Å²) in [5.74, 6) is -0.404. The second kappa shape index (κ2) is 6.98. The Morgan fingerprint density at radius 1 is 1.04 bits per heavy atom. The SMILES string of the molecule is Cc1c(C(=O)Nc2ccccc2Cl)nnc2c(-c3ccc(Cl)cc3)cnn12. The molecule has 0 aliphatic rings. The van der Waals surface area contributed by atoms with Crippen LogP contribution in [0.3, 0.4) is 0 Å². The van der Waals surface area contributed by atoms with E-state index in [1.807, 2.05) is 12.1 Å². The molecule has 0 radical (unpaired) electrons. The smallest absolute Gasteiger partial charge is 0.278 e. The first-order chi connectivity index (χ1) is 13.0. The molecule has 27 heavy (non-hydrogen) atoms. The van der Waals surface area contributed by atoms with E-state index in [2.05, 4.69) is 20.6 Å². The lowest BCUT2D eigenvalue weighted by atomic mass is 10.1. The highest BCUT2D eigenvalue weighted by atomic mass is 35.5. The number of nitrogens with one attached hydrogen (secondary N) is 1. The minimum Gasteiger partial charge on any atom is -0.319 e. The number of para-hydroxylation sites is 1.